The average molecular weight is 285 g/mol. The second-order valence-electron chi connectivity index (χ2n) is 5.50. The second-order valence-corrected chi connectivity index (χ2v) is 5.50. The maximum Gasteiger partial charge on any atom is 0.407 e. The predicted octanol–water partition coefficient (Wildman–Crippen LogP) is 4.20. The molecule has 2 rings (SSSR count). The minimum Gasteiger partial charge on any atom is -0.445 e. The summed E-state index contributed by atoms with van der Waals surface area (Å²) in [5.41, 5.74) is 3.79. The molecule has 1 aliphatic carbocycles. The number of carbonyl (C=O) groups excluding carboxylic acids is 1. The van der Waals surface area contributed by atoms with Gasteiger partial charge in [-0.1, -0.05) is 56.2 Å². The van der Waals surface area contributed by atoms with E-state index in [0.717, 1.165) is 18.4 Å². The molecule has 0 spiro atoms. The summed E-state index contributed by atoms with van der Waals surface area (Å²) in [5, 5.41) is 2.94. The highest BCUT2D eigenvalue weighted by molar-refractivity contribution is 5.68. The third-order valence-corrected chi connectivity index (χ3v) is 3.95. The quantitative estimate of drug-likeness (QED) is 0.823. The molecule has 1 aromatic rings. The molecule has 0 radical (unpaired) electrons. The standard InChI is InChI=1S/C18H23NO2/c1-2-9-17(16-12-7-4-8-13-16)19-18(20)21-14-15-10-5-3-6-11-15/h3,5-6,9-11,16-17H,1,4,7-8,12-14H2,(H,19,20). The largest absolute Gasteiger partial charge is 0.445 e. The number of carbonyl (C=O) groups is 1. The fraction of sp³-hybridized carbons (Fsp3) is 0.444. The molecule has 112 valence electrons. The van der Waals surface area contributed by atoms with Crippen LogP contribution in [0.15, 0.2) is 48.7 Å². The van der Waals surface area contributed by atoms with Crippen LogP contribution in [0.2, 0.25) is 0 Å². The van der Waals surface area contributed by atoms with Crippen LogP contribution < -0.4 is 5.32 Å². The molecule has 1 aliphatic rings. The molecule has 0 aromatic heterocycles. The van der Waals surface area contributed by atoms with Crippen LogP contribution in [0.25, 0.3) is 0 Å². The molecule has 1 unspecified atom stereocenters. The van der Waals surface area contributed by atoms with Crippen molar-refractivity contribution in [2.75, 3.05) is 0 Å². The highest BCUT2D eigenvalue weighted by Crippen LogP contribution is 2.27. The first-order valence-electron chi connectivity index (χ1n) is 7.63. The third kappa shape index (κ3) is 5.13. The molecule has 1 aromatic carbocycles. The Kier molecular flexibility index (Phi) is 6.11. The molecular formula is C18H23NO2. The smallest absolute Gasteiger partial charge is 0.407 e. The van der Waals surface area contributed by atoms with Gasteiger partial charge in [-0.3, -0.25) is 0 Å². The summed E-state index contributed by atoms with van der Waals surface area (Å²) >= 11 is 0. The van der Waals surface area contributed by atoms with Crippen LogP contribution in [0.3, 0.4) is 0 Å². The Hall–Kier alpha value is -1.99. The van der Waals surface area contributed by atoms with E-state index in [1.165, 1.54) is 19.3 Å². The van der Waals surface area contributed by atoms with Crippen molar-refractivity contribution in [1.29, 1.82) is 0 Å². The van der Waals surface area contributed by atoms with E-state index in [2.05, 4.69) is 17.6 Å². The molecule has 1 saturated carbocycles. The van der Waals surface area contributed by atoms with Crippen LogP contribution in [0, 0.1) is 5.92 Å². The Bertz CT molecular complexity index is 485. The average Bonchev–Trinajstić information content (AvgIpc) is 2.54. The molecule has 1 fully saturated rings. The van der Waals surface area contributed by atoms with Crippen molar-refractivity contribution in [1.82, 2.24) is 5.32 Å². The summed E-state index contributed by atoms with van der Waals surface area (Å²) in [5.74, 6) is 0.470. The topological polar surface area (TPSA) is 38.3 Å². The molecule has 0 bridgehead atoms. The summed E-state index contributed by atoms with van der Waals surface area (Å²) in [4.78, 5) is 11.9. The number of alkyl carbamates (subject to hydrolysis) is 1. The normalized spacial score (nSPS) is 16.6. The predicted molar refractivity (Wildman–Crippen MR) is 83.8 cm³/mol. The SMILES string of the molecule is C=C=CC(NC(=O)OCc1ccccc1)C1CCCCC1. The zero-order valence-corrected chi connectivity index (χ0v) is 12.4. The third-order valence-electron chi connectivity index (χ3n) is 3.95. The number of nitrogens with one attached hydrogen (secondary N) is 1. The first-order chi connectivity index (χ1) is 10.3. The Morgan fingerprint density at radius 3 is 2.71 bits per heavy atom. The van der Waals surface area contributed by atoms with E-state index in [9.17, 15) is 4.79 Å². The van der Waals surface area contributed by atoms with E-state index in [1.807, 2.05) is 36.4 Å². The monoisotopic (exact) mass is 285 g/mol. The number of rotatable bonds is 5. The molecule has 3 heteroatoms. The molecular weight excluding hydrogens is 262 g/mol. The summed E-state index contributed by atoms with van der Waals surface area (Å²) < 4.78 is 5.28. The fourth-order valence-corrected chi connectivity index (χ4v) is 2.82. The molecule has 1 atom stereocenters. The summed E-state index contributed by atoms with van der Waals surface area (Å²) in [7, 11) is 0. The summed E-state index contributed by atoms with van der Waals surface area (Å²) in [6.07, 6.45) is 7.50. The minimum absolute atomic E-state index is 0.0222. The van der Waals surface area contributed by atoms with Crippen LogP contribution >= 0.6 is 0 Å². The van der Waals surface area contributed by atoms with Gasteiger partial charge in [-0.2, -0.15) is 0 Å². The van der Waals surface area contributed by atoms with Crippen molar-refractivity contribution in [3.8, 4) is 0 Å². The molecule has 0 heterocycles. The number of ether oxygens (including phenoxy) is 1. The second kappa shape index (κ2) is 8.33. The van der Waals surface area contributed by atoms with Gasteiger partial charge in [-0.15, -0.1) is 5.73 Å². The number of benzene rings is 1. The molecule has 1 amide bonds. The minimum atomic E-state index is -0.374. The molecule has 21 heavy (non-hydrogen) atoms. The Balaban J connectivity index is 1.84. The molecule has 3 nitrogen and oxygen atoms in total. The Labute approximate surface area is 126 Å². The number of amides is 1. The van der Waals surface area contributed by atoms with Gasteiger partial charge in [0.1, 0.15) is 6.61 Å². The van der Waals surface area contributed by atoms with Crippen LogP contribution in [0.1, 0.15) is 37.7 Å². The van der Waals surface area contributed by atoms with Crippen molar-refractivity contribution in [2.45, 2.75) is 44.8 Å². The maximum atomic E-state index is 11.9. The van der Waals surface area contributed by atoms with Gasteiger partial charge in [0, 0.05) is 0 Å². The van der Waals surface area contributed by atoms with Gasteiger partial charge in [0.05, 0.1) is 6.04 Å². The van der Waals surface area contributed by atoms with Gasteiger partial charge < -0.3 is 10.1 Å². The number of hydrogen-bond acceptors (Lipinski definition) is 2. The van der Waals surface area contributed by atoms with Crippen molar-refractivity contribution in [2.24, 2.45) is 5.92 Å². The summed E-state index contributed by atoms with van der Waals surface area (Å²) in [6.45, 7) is 3.92. The van der Waals surface area contributed by atoms with Gasteiger partial charge in [0.2, 0.25) is 0 Å². The van der Waals surface area contributed by atoms with Crippen molar-refractivity contribution in [3.63, 3.8) is 0 Å². The van der Waals surface area contributed by atoms with Gasteiger partial charge >= 0.3 is 6.09 Å². The van der Waals surface area contributed by atoms with E-state index >= 15 is 0 Å². The molecule has 1 N–H and O–H groups in total. The van der Waals surface area contributed by atoms with Crippen LogP contribution in [-0.2, 0) is 11.3 Å². The Morgan fingerprint density at radius 2 is 2.05 bits per heavy atom. The van der Waals surface area contributed by atoms with Crippen molar-refractivity contribution in [3.05, 3.63) is 54.3 Å². The van der Waals surface area contributed by atoms with Gasteiger partial charge in [0.15, 0.2) is 0 Å². The first-order valence-corrected chi connectivity index (χ1v) is 7.63. The lowest BCUT2D eigenvalue weighted by atomic mass is 9.84. The zero-order valence-electron chi connectivity index (χ0n) is 12.4. The number of hydrogen-bond donors (Lipinski definition) is 1. The van der Waals surface area contributed by atoms with Crippen LogP contribution in [0.4, 0.5) is 4.79 Å². The lowest BCUT2D eigenvalue weighted by Gasteiger charge is -2.28. The molecule has 0 saturated heterocycles. The lowest BCUT2D eigenvalue weighted by Crippen LogP contribution is -2.39. The zero-order chi connectivity index (χ0) is 14.9. The van der Waals surface area contributed by atoms with Crippen LogP contribution in [-0.4, -0.2) is 12.1 Å². The summed E-state index contributed by atoms with van der Waals surface area (Å²) in [6, 6.07) is 9.66. The van der Waals surface area contributed by atoms with E-state index in [1.54, 1.807) is 0 Å². The van der Waals surface area contributed by atoms with Crippen molar-refractivity contribution >= 4 is 6.09 Å². The van der Waals surface area contributed by atoms with Gasteiger partial charge in [-0.25, -0.2) is 4.79 Å². The van der Waals surface area contributed by atoms with E-state index < -0.39 is 0 Å². The maximum absolute atomic E-state index is 11.9. The lowest BCUT2D eigenvalue weighted by molar-refractivity contribution is 0.132. The highest BCUT2D eigenvalue weighted by Gasteiger charge is 2.23. The molecule has 0 aliphatic heterocycles. The first kappa shape index (κ1) is 15.4. The van der Waals surface area contributed by atoms with Gasteiger partial charge in [-0.05, 0) is 30.4 Å². The van der Waals surface area contributed by atoms with E-state index in [0.29, 0.717) is 12.5 Å². The van der Waals surface area contributed by atoms with E-state index in [4.69, 9.17) is 4.74 Å². The van der Waals surface area contributed by atoms with E-state index in [-0.39, 0.29) is 12.1 Å². The van der Waals surface area contributed by atoms with Gasteiger partial charge in [0.25, 0.3) is 0 Å². The van der Waals surface area contributed by atoms with Crippen LogP contribution in [0.5, 0.6) is 0 Å². The Morgan fingerprint density at radius 1 is 1.33 bits per heavy atom. The fourth-order valence-electron chi connectivity index (χ4n) is 2.82. The highest BCUT2D eigenvalue weighted by atomic mass is 16.5. The van der Waals surface area contributed by atoms with Crippen molar-refractivity contribution < 1.29 is 9.53 Å².